The molecule has 0 aliphatic carbocycles. The highest BCUT2D eigenvalue weighted by Crippen LogP contribution is 2.44. The van der Waals surface area contributed by atoms with E-state index in [9.17, 15) is 14.7 Å². The Balaban J connectivity index is 1.91. The number of aliphatic carboxylic acids is 1. The lowest BCUT2D eigenvalue weighted by atomic mass is 9.71. The lowest BCUT2D eigenvalue weighted by Gasteiger charge is -2.36. The zero-order valence-electron chi connectivity index (χ0n) is 16.8. The van der Waals surface area contributed by atoms with E-state index >= 15 is 0 Å². The Morgan fingerprint density at radius 2 is 1.96 bits per heavy atom. The summed E-state index contributed by atoms with van der Waals surface area (Å²) >= 11 is 0. The third-order valence-corrected chi connectivity index (χ3v) is 6.22. The molecule has 0 bridgehead atoms. The van der Waals surface area contributed by atoms with E-state index in [0.717, 1.165) is 18.4 Å². The number of hydrogen-bond donors (Lipinski definition) is 1. The van der Waals surface area contributed by atoms with Crippen molar-refractivity contribution in [1.29, 1.82) is 0 Å². The molecule has 0 saturated carbocycles. The largest absolute Gasteiger partial charge is 0.497 e. The van der Waals surface area contributed by atoms with Crippen molar-refractivity contribution in [2.75, 3.05) is 40.5 Å². The van der Waals surface area contributed by atoms with Gasteiger partial charge in [0.05, 0.1) is 25.2 Å². The number of carboxylic acid groups (broad SMARTS) is 1. The zero-order chi connectivity index (χ0) is 20.3. The van der Waals surface area contributed by atoms with Crippen molar-refractivity contribution in [3.8, 4) is 11.5 Å². The number of methoxy groups -OCH3 is 2. The SMILES string of the molecule is CCc1cc(OC)cc(OC)c1C(=O)N1CCC(C(=O)O)(C2CCOCC2)C1. The number of ether oxygens (including phenoxy) is 3. The predicted octanol–water partition coefficient (Wildman–Crippen LogP) is 2.61. The Hall–Kier alpha value is -2.28. The number of amides is 1. The molecule has 1 aromatic carbocycles. The molecule has 2 fully saturated rings. The monoisotopic (exact) mass is 391 g/mol. The highest BCUT2D eigenvalue weighted by Gasteiger charge is 2.52. The van der Waals surface area contributed by atoms with Crippen LogP contribution in [0.2, 0.25) is 0 Å². The summed E-state index contributed by atoms with van der Waals surface area (Å²) in [5.41, 5.74) is 0.435. The first-order valence-electron chi connectivity index (χ1n) is 9.82. The Kier molecular flexibility index (Phi) is 6.13. The third-order valence-electron chi connectivity index (χ3n) is 6.22. The van der Waals surface area contributed by atoms with E-state index < -0.39 is 11.4 Å². The van der Waals surface area contributed by atoms with Crippen molar-refractivity contribution in [1.82, 2.24) is 4.90 Å². The Morgan fingerprint density at radius 3 is 2.54 bits per heavy atom. The normalized spacial score (nSPS) is 22.9. The van der Waals surface area contributed by atoms with Gasteiger partial charge in [0.15, 0.2) is 0 Å². The molecule has 2 aliphatic rings. The first-order chi connectivity index (χ1) is 13.5. The van der Waals surface area contributed by atoms with Crippen molar-refractivity contribution in [2.45, 2.75) is 32.6 Å². The number of benzene rings is 1. The van der Waals surface area contributed by atoms with Crippen LogP contribution in [0.5, 0.6) is 11.5 Å². The lowest BCUT2D eigenvalue weighted by Crippen LogP contribution is -2.44. The number of carbonyl (C=O) groups is 2. The molecule has 2 saturated heterocycles. The van der Waals surface area contributed by atoms with Gasteiger partial charge in [-0.1, -0.05) is 6.92 Å². The van der Waals surface area contributed by atoms with Gasteiger partial charge < -0.3 is 24.2 Å². The molecule has 3 rings (SSSR count). The molecule has 1 N–H and O–H groups in total. The maximum atomic E-state index is 13.4. The fourth-order valence-electron chi connectivity index (χ4n) is 4.54. The number of likely N-dealkylation sites (tertiary alicyclic amines) is 1. The fourth-order valence-corrected chi connectivity index (χ4v) is 4.54. The van der Waals surface area contributed by atoms with Gasteiger partial charge in [0.25, 0.3) is 5.91 Å². The number of carboxylic acids is 1. The van der Waals surface area contributed by atoms with Gasteiger partial charge in [-0.25, -0.2) is 0 Å². The topological polar surface area (TPSA) is 85.3 Å². The standard InChI is InChI=1S/C21H29NO6/c1-4-14-11-16(26-2)12-17(27-3)18(14)19(23)22-8-7-21(13-22,20(24)25)15-5-9-28-10-6-15/h11-12,15H,4-10,13H2,1-3H3,(H,24,25). The number of hydrogen-bond acceptors (Lipinski definition) is 5. The quantitative estimate of drug-likeness (QED) is 0.802. The summed E-state index contributed by atoms with van der Waals surface area (Å²) in [4.78, 5) is 27.3. The zero-order valence-corrected chi connectivity index (χ0v) is 16.8. The minimum atomic E-state index is -0.897. The van der Waals surface area contributed by atoms with Crippen LogP contribution in [0, 0.1) is 11.3 Å². The van der Waals surface area contributed by atoms with E-state index in [1.165, 1.54) is 7.11 Å². The van der Waals surface area contributed by atoms with Crippen LogP contribution in [0.4, 0.5) is 0 Å². The second-order valence-corrected chi connectivity index (χ2v) is 7.54. The molecule has 1 atom stereocenters. The van der Waals surface area contributed by atoms with E-state index in [1.54, 1.807) is 18.1 Å². The molecule has 1 amide bonds. The molecule has 7 heteroatoms. The lowest BCUT2D eigenvalue weighted by molar-refractivity contribution is -0.154. The number of nitrogens with zero attached hydrogens (tertiary/aromatic N) is 1. The van der Waals surface area contributed by atoms with Crippen LogP contribution in [-0.2, 0) is 16.0 Å². The van der Waals surface area contributed by atoms with Crippen LogP contribution in [0.1, 0.15) is 42.1 Å². The summed E-state index contributed by atoms with van der Waals surface area (Å²) in [7, 11) is 3.10. The molecule has 2 heterocycles. The van der Waals surface area contributed by atoms with Crippen LogP contribution in [0.3, 0.4) is 0 Å². The average Bonchev–Trinajstić information content (AvgIpc) is 3.19. The molecule has 0 radical (unpaired) electrons. The van der Waals surface area contributed by atoms with Gasteiger partial charge in [0.1, 0.15) is 11.5 Å². The number of carbonyl (C=O) groups excluding carboxylic acids is 1. The Labute approximate surface area is 165 Å². The fraction of sp³-hybridized carbons (Fsp3) is 0.619. The first kappa shape index (κ1) is 20.5. The minimum Gasteiger partial charge on any atom is -0.497 e. The molecule has 154 valence electrons. The summed E-state index contributed by atoms with van der Waals surface area (Å²) in [5.74, 6) is 0.132. The van der Waals surface area contributed by atoms with Gasteiger partial charge in [-0.05, 0) is 43.2 Å². The van der Waals surface area contributed by atoms with E-state index in [4.69, 9.17) is 14.2 Å². The summed E-state index contributed by atoms with van der Waals surface area (Å²) in [6.07, 6.45) is 2.56. The molecule has 2 aliphatic heterocycles. The summed E-state index contributed by atoms with van der Waals surface area (Å²) < 4.78 is 16.2. The number of aryl methyl sites for hydroxylation is 1. The van der Waals surface area contributed by atoms with E-state index in [2.05, 4.69) is 0 Å². The Morgan fingerprint density at radius 1 is 1.25 bits per heavy atom. The summed E-state index contributed by atoms with van der Waals surface area (Å²) in [5, 5.41) is 10.0. The van der Waals surface area contributed by atoms with Crippen molar-refractivity contribution < 1.29 is 28.9 Å². The highest BCUT2D eigenvalue weighted by atomic mass is 16.5. The summed E-state index contributed by atoms with van der Waals surface area (Å²) in [6, 6.07) is 3.54. The van der Waals surface area contributed by atoms with E-state index in [1.807, 2.05) is 13.0 Å². The molecular formula is C21H29NO6. The van der Waals surface area contributed by atoms with E-state index in [-0.39, 0.29) is 18.4 Å². The van der Waals surface area contributed by atoms with Crippen LogP contribution in [0.15, 0.2) is 12.1 Å². The van der Waals surface area contributed by atoms with Crippen molar-refractivity contribution >= 4 is 11.9 Å². The molecule has 1 aromatic rings. The van der Waals surface area contributed by atoms with Gasteiger partial charge in [0, 0.05) is 32.4 Å². The maximum absolute atomic E-state index is 13.4. The molecule has 1 unspecified atom stereocenters. The van der Waals surface area contributed by atoms with Gasteiger partial charge in [-0.15, -0.1) is 0 Å². The van der Waals surface area contributed by atoms with E-state index in [0.29, 0.717) is 49.7 Å². The van der Waals surface area contributed by atoms with Crippen LogP contribution in [-0.4, -0.2) is 62.4 Å². The van der Waals surface area contributed by atoms with Crippen molar-refractivity contribution in [3.05, 3.63) is 23.3 Å². The van der Waals surface area contributed by atoms with Crippen molar-refractivity contribution in [3.63, 3.8) is 0 Å². The van der Waals surface area contributed by atoms with Gasteiger partial charge in [-0.2, -0.15) is 0 Å². The Bertz CT molecular complexity index is 717. The van der Waals surface area contributed by atoms with Crippen LogP contribution >= 0.6 is 0 Å². The van der Waals surface area contributed by atoms with Gasteiger partial charge in [-0.3, -0.25) is 9.59 Å². The predicted molar refractivity (Wildman–Crippen MR) is 103 cm³/mol. The average molecular weight is 391 g/mol. The molecule has 28 heavy (non-hydrogen) atoms. The molecule has 7 nitrogen and oxygen atoms in total. The maximum Gasteiger partial charge on any atom is 0.311 e. The minimum absolute atomic E-state index is 0.0277. The smallest absolute Gasteiger partial charge is 0.311 e. The second-order valence-electron chi connectivity index (χ2n) is 7.54. The molecule has 0 aromatic heterocycles. The second kappa shape index (κ2) is 8.39. The summed E-state index contributed by atoms with van der Waals surface area (Å²) in [6.45, 7) is 3.80. The van der Waals surface area contributed by atoms with Gasteiger partial charge in [0.2, 0.25) is 0 Å². The third kappa shape index (κ3) is 3.55. The first-order valence-corrected chi connectivity index (χ1v) is 9.82. The number of rotatable bonds is 6. The molecule has 0 spiro atoms. The van der Waals surface area contributed by atoms with Crippen molar-refractivity contribution in [2.24, 2.45) is 11.3 Å². The molecular weight excluding hydrogens is 362 g/mol. The van der Waals surface area contributed by atoms with Crippen LogP contribution in [0.25, 0.3) is 0 Å². The highest BCUT2D eigenvalue weighted by molar-refractivity contribution is 5.99. The van der Waals surface area contributed by atoms with Crippen LogP contribution < -0.4 is 9.47 Å². The van der Waals surface area contributed by atoms with Gasteiger partial charge >= 0.3 is 5.97 Å².